The van der Waals surface area contributed by atoms with E-state index >= 15 is 0 Å². The minimum atomic E-state index is -0.558. The third kappa shape index (κ3) is 5.58. The lowest BCUT2D eigenvalue weighted by Gasteiger charge is -2.28. The van der Waals surface area contributed by atoms with Crippen molar-refractivity contribution >= 4 is 39.3 Å². The number of halogens is 2. The minimum absolute atomic E-state index is 0.0824. The monoisotopic (exact) mass is 436 g/mol. The van der Waals surface area contributed by atoms with Crippen molar-refractivity contribution in [2.45, 2.75) is 32.4 Å². The highest BCUT2D eigenvalue weighted by molar-refractivity contribution is 9.10. The Hall–Kier alpha value is -1.85. The van der Waals surface area contributed by atoms with Crippen LogP contribution < -0.4 is 5.32 Å². The van der Waals surface area contributed by atoms with Crippen LogP contribution in [0.15, 0.2) is 53.0 Å². The van der Waals surface area contributed by atoms with Crippen LogP contribution in [0.25, 0.3) is 0 Å². The molecule has 0 fully saturated rings. The Morgan fingerprint density at radius 2 is 1.92 bits per heavy atom. The van der Waals surface area contributed by atoms with Gasteiger partial charge in [0.2, 0.25) is 11.8 Å². The van der Waals surface area contributed by atoms with Gasteiger partial charge in [0.25, 0.3) is 0 Å². The fraction of sp³-hybridized carbons (Fsp3) is 0.300. The second-order valence-corrected chi connectivity index (χ2v) is 7.36. The molecule has 6 heteroatoms. The molecule has 4 nitrogen and oxygen atoms in total. The number of nitrogens with zero attached hydrogens (tertiary/aromatic N) is 1. The summed E-state index contributed by atoms with van der Waals surface area (Å²) in [4.78, 5) is 26.6. The largest absolute Gasteiger partial charge is 0.357 e. The number of hydrogen-bond acceptors (Lipinski definition) is 2. The summed E-state index contributed by atoms with van der Waals surface area (Å²) in [5.41, 5.74) is 1.89. The van der Waals surface area contributed by atoms with Gasteiger partial charge in [-0.05, 0) is 42.7 Å². The van der Waals surface area contributed by atoms with Crippen LogP contribution in [0.2, 0.25) is 5.02 Å². The maximum absolute atomic E-state index is 12.9. The quantitative estimate of drug-likeness (QED) is 0.706. The zero-order valence-electron chi connectivity index (χ0n) is 14.8. The van der Waals surface area contributed by atoms with Gasteiger partial charge in [0.15, 0.2) is 0 Å². The van der Waals surface area contributed by atoms with E-state index < -0.39 is 6.04 Å². The molecule has 0 aromatic heterocycles. The molecule has 2 aromatic carbocycles. The van der Waals surface area contributed by atoms with Crippen LogP contribution in [0.3, 0.4) is 0 Å². The molecular weight excluding hydrogens is 416 g/mol. The van der Waals surface area contributed by atoms with Crippen molar-refractivity contribution in [3.8, 4) is 0 Å². The molecular formula is C20H22BrClN2O2. The number of aryl methyl sites for hydroxylation is 1. The Morgan fingerprint density at radius 3 is 2.58 bits per heavy atom. The molecule has 1 N–H and O–H groups in total. The van der Waals surface area contributed by atoms with Gasteiger partial charge in [0.05, 0.1) is 0 Å². The van der Waals surface area contributed by atoms with Gasteiger partial charge in [-0.1, -0.05) is 57.9 Å². The lowest BCUT2D eigenvalue weighted by atomic mass is 10.1. The van der Waals surface area contributed by atoms with Gasteiger partial charge in [0.1, 0.15) is 6.04 Å². The summed E-state index contributed by atoms with van der Waals surface area (Å²) < 4.78 is 0.936. The normalized spacial score (nSPS) is 11.7. The van der Waals surface area contributed by atoms with E-state index in [1.165, 1.54) is 0 Å². The molecule has 26 heavy (non-hydrogen) atoms. The van der Waals surface area contributed by atoms with Crippen molar-refractivity contribution < 1.29 is 9.59 Å². The predicted molar refractivity (Wildman–Crippen MR) is 108 cm³/mol. The van der Waals surface area contributed by atoms with Crippen molar-refractivity contribution in [3.05, 3.63) is 69.2 Å². The average Bonchev–Trinajstić information content (AvgIpc) is 2.64. The standard InChI is InChI=1S/C20H22BrClN2O2/c1-14(20(26)23-2)24(13-15-6-5-8-17(21)12-15)19(25)11-10-16-7-3-4-9-18(16)22/h3-9,12,14H,10-11,13H2,1-2H3,(H,23,26)/t14-/m1/s1. The molecule has 0 saturated carbocycles. The van der Waals surface area contributed by atoms with Crippen LogP contribution in [-0.4, -0.2) is 29.8 Å². The fourth-order valence-electron chi connectivity index (χ4n) is 2.71. The summed E-state index contributed by atoms with van der Waals surface area (Å²) in [5, 5.41) is 3.27. The maximum atomic E-state index is 12.9. The summed E-state index contributed by atoms with van der Waals surface area (Å²) in [6, 6.07) is 14.7. The molecule has 0 aliphatic carbocycles. The van der Waals surface area contributed by atoms with Gasteiger partial charge < -0.3 is 10.2 Å². The molecule has 0 aliphatic rings. The van der Waals surface area contributed by atoms with Crippen molar-refractivity contribution in [2.75, 3.05) is 7.05 Å². The zero-order chi connectivity index (χ0) is 19.1. The van der Waals surface area contributed by atoms with Crippen molar-refractivity contribution in [2.24, 2.45) is 0 Å². The number of likely N-dealkylation sites (N-methyl/N-ethyl adjacent to an activating group) is 1. The number of benzene rings is 2. The van der Waals surface area contributed by atoms with E-state index in [1.807, 2.05) is 48.5 Å². The molecule has 0 bridgehead atoms. The number of amides is 2. The first-order valence-electron chi connectivity index (χ1n) is 8.41. The predicted octanol–water partition coefficient (Wildman–Crippen LogP) is 4.20. The van der Waals surface area contributed by atoms with Crippen molar-refractivity contribution in [1.29, 1.82) is 0 Å². The van der Waals surface area contributed by atoms with Crippen LogP contribution in [0.5, 0.6) is 0 Å². The lowest BCUT2D eigenvalue weighted by Crippen LogP contribution is -2.46. The van der Waals surface area contributed by atoms with Crippen molar-refractivity contribution in [1.82, 2.24) is 10.2 Å². The molecule has 0 aliphatic heterocycles. The zero-order valence-corrected chi connectivity index (χ0v) is 17.2. The van der Waals surface area contributed by atoms with E-state index in [0.717, 1.165) is 15.6 Å². The Balaban J connectivity index is 2.15. The summed E-state index contributed by atoms with van der Waals surface area (Å²) in [5.74, 6) is -0.271. The van der Waals surface area contributed by atoms with Gasteiger partial charge >= 0.3 is 0 Å². The lowest BCUT2D eigenvalue weighted by molar-refractivity contribution is -0.140. The third-order valence-electron chi connectivity index (χ3n) is 4.22. The molecule has 138 valence electrons. The van der Waals surface area contributed by atoms with E-state index in [1.54, 1.807) is 18.9 Å². The first kappa shape index (κ1) is 20.5. The van der Waals surface area contributed by atoms with Crippen LogP contribution in [0.1, 0.15) is 24.5 Å². The van der Waals surface area contributed by atoms with Crippen LogP contribution in [0, 0.1) is 0 Å². The molecule has 0 spiro atoms. The summed E-state index contributed by atoms with van der Waals surface area (Å²) in [7, 11) is 1.57. The van der Waals surface area contributed by atoms with E-state index in [-0.39, 0.29) is 11.8 Å². The van der Waals surface area contributed by atoms with Crippen LogP contribution >= 0.6 is 27.5 Å². The number of carbonyl (C=O) groups is 2. The second kappa shape index (κ2) is 9.74. The second-order valence-electron chi connectivity index (χ2n) is 6.03. The molecule has 1 atom stereocenters. The number of carbonyl (C=O) groups excluding carboxylic acids is 2. The van der Waals surface area contributed by atoms with E-state index in [0.29, 0.717) is 24.4 Å². The highest BCUT2D eigenvalue weighted by atomic mass is 79.9. The van der Waals surface area contributed by atoms with Crippen molar-refractivity contribution in [3.63, 3.8) is 0 Å². The van der Waals surface area contributed by atoms with E-state index in [4.69, 9.17) is 11.6 Å². The Morgan fingerprint density at radius 1 is 1.19 bits per heavy atom. The molecule has 0 heterocycles. The van der Waals surface area contributed by atoms with Crippen LogP contribution in [0.4, 0.5) is 0 Å². The van der Waals surface area contributed by atoms with Gasteiger partial charge in [-0.2, -0.15) is 0 Å². The smallest absolute Gasteiger partial charge is 0.242 e. The summed E-state index contributed by atoms with van der Waals surface area (Å²) in [6.45, 7) is 2.11. The molecule has 0 saturated heterocycles. The third-order valence-corrected chi connectivity index (χ3v) is 5.08. The maximum Gasteiger partial charge on any atom is 0.242 e. The SMILES string of the molecule is CNC(=O)[C@@H](C)N(Cc1cccc(Br)c1)C(=O)CCc1ccccc1Cl. The molecule has 2 amide bonds. The molecule has 0 unspecified atom stereocenters. The Labute approximate surface area is 167 Å². The molecule has 2 aromatic rings. The van der Waals surface area contributed by atoms with Gasteiger partial charge in [-0.3, -0.25) is 9.59 Å². The highest BCUT2D eigenvalue weighted by Gasteiger charge is 2.25. The van der Waals surface area contributed by atoms with E-state index in [2.05, 4.69) is 21.2 Å². The van der Waals surface area contributed by atoms with Gasteiger partial charge in [-0.15, -0.1) is 0 Å². The highest BCUT2D eigenvalue weighted by Crippen LogP contribution is 2.19. The molecule has 2 rings (SSSR count). The topological polar surface area (TPSA) is 49.4 Å². The van der Waals surface area contributed by atoms with E-state index in [9.17, 15) is 9.59 Å². The van der Waals surface area contributed by atoms with Gasteiger partial charge in [0, 0.05) is 29.5 Å². The first-order chi connectivity index (χ1) is 12.4. The molecule has 0 radical (unpaired) electrons. The Bertz CT molecular complexity index is 782. The number of nitrogens with one attached hydrogen (secondary N) is 1. The fourth-order valence-corrected chi connectivity index (χ4v) is 3.39. The summed E-state index contributed by atoms with van der Waals surface area (Å²) >= 11 is 9.62. The first-order valence-corrected chi connectivity index (χ1v) is 9.58. The average molecular weight is 438 g/mol. The Kier molecular flexibility index (Phi) is 7.66. The number of rotatable bonds is 7. The summed E-state index contributed by atoms with van der Waals surface area (Å²) in [6.07, 6.45) is 0.826. The van der Waals surface area contributed by atoms with Gasteiger partial charge in [-0.25, -0.2) is 0 Å². The number of hydrogen-bond donors (Lipinski definition) is 1. The van der Waals surface area contributed by atoms with Crippen LogP contribution in [-0.2, 0) is 22.6 Å². The minimum Gasteiger partial charge on any atom is -0.357 e.